The van der Waals surface area contributed by atoms with E-state index in [4.69, 9.17) is 4.74 Å². The smallest absolute Gasteiger partial charge is 0.324 e. The van der Waals surface area contributed by atoms with E-state index in [-0.39, 0.29) is 11.9 Å². The first-order chi connectivity index (χ1) is 13.2. The highest BCUT2D eigenvalue weighted by Crippen LogP contribution is 2.22. The molecule has 0 atom stereocenters. The molecule has 27 heavy (non-hydrogen) atoms. The van der Waals surface area contributed by atoms with Crippen molar-refractivity contribution in [3.05, 3.63) is 71.2 Å². The van der Waals surface area contributed by atoms with E-state index in [1.807, 2.05) is 24.3 Å². The monoisotopic (exact) mass is 382 g/mol. The molecule has 2 heterocycles. The van der Waals surface area contributed by atoms with Crippen LogP contribution in [0.25, 0.3) is 0 Å². The lowest BCUT2D eigenvalue weighted by molar-refractivity contribution is 0.0954. The number of methoxy groups -OCH3 is 1. The van der Waals surface area contributed by atoms with Gasteiger partial charge in [-0.25, -0.2) is 9.78 Å². The molecule has 0 aliphatic heterocycles. The van der Waals surface area contributed by atoms with E-state index in [9.17, 15) is 9.59 Å². The van der Waals surface area contributed by atoms with Gasteiger partial charge in [-0.05, 0) is 30.3 Å². The van der Waals surface area contributed by atoms with Gasteiger partial charge in [0.25, 0.3) is 5.91 Å². The Labute approximate surface area is 160 Å². The number of amides is 3. The Hall–Kier alpha value is -3.39. The standard InChI is InChI=1S/C19H18N4O3S/c1-26-18-13(6-5-11-20-18)12-21-17(24)15-9-10-16(27-15)23-19(25)22-14-7-3-2-4-8-14/h2-11H,12H2,1H3,(H,21,24)(H2,22,23,25). The third-order valence-electron chi connectivity index (χ3n) is 3.58. The van der Waals surface area contributed by atoms with E-state index < -0.39 is 0 Å². The highest BCUT2D eigenvalue weighted by Gasteiger charge is 2.12. The number of hydrogen-bond donors (Lipinski definition) is 3. The van der Waals surface area contributed by atoms with Crippen LogP contribution in [0.3, 0.4) is 0 Å². The van der Waals surface area contributed by atoms with Crippen LogP contribution in [0.4, 0.5) is 15.5 Å². The first-order valence-corrected chi connectivity index (χ1v) is 8.96. The molecule has 2 aromatic heterocycles. The Kier molecular flexibility index (Phi) is 6.01. The lowest BCUT2D eigenvalue weighted by Gasteiger charge is -2.07. The number of pyridine rings is 1. The van der Waals surface area contributed by atoms with Crippen molar-refractivity contribution in [2.24, 2.45) is 0 Å². The molecule has 1 aromatic carbocycles. The number of nitrogens with one attached hydrogen (secondary N) is 3. The molecule has 3 N–H and O–H groups in total. The number of urea groups is 1. The molecule has 0 unspecified atom stereocenters. The van der Waals surface area contributed by atoms with Crippen LogP contribution in [0.15, 0.2) is 60.8 Å². The summed E-state index contributed by atoms with van der Waals surface area (Å²) in [6, 6.07) is 15.7. The lowest BCUT2D eigenvalue weighted by Crippen LogP contribution is -2.22. The van der Waals surface area contributed by atoms with Crippen molar-refractivity contribution in [1.29, 1.82) is 0 Å². The Morgan fingerprint density at radius 3 is 2.63 bits per heavy atom. The molecule has 8 heteroatoms. The van der Waals surface area contributed by atoms with Crippen molar-refractivity contribution in [1.82, 2.24) is 10.3 Å². The number of nitrogens with zero attached hydrogens (tertiary/aromatic N) is 1. The minimum Gasteiger partial charge on any atom is -0.481 e. The van der Waals surface area contributed by atoms with Gasteiger partial charge in [-0.1, -0.05) is 24.3 Å². The molecule has 7 nitrogen and oxygen atoms in total. The summed E-state index contributed by atoms with van der Waals surface area (Å²) in [5.74, 6) is 0.242. The van der Waals surface area contributed by atoms with Crippen LogP contribution >= 0.6 is 11.3 Å². The topological polar surface area (TPSA) is 92.3 Å². The SMILES string of the molecule is COc1ncccc1CNC(=O)c1ccc(NC(=O)Nc2ccccc2)s1. The molecule has 0 bridgehead atoms. The van der Waals surface area contributed by atoms with Crippen LogP contribution in [-0.2, 0) is 6.54 Å². The third kappa shape index (κ3) is 5.05. The van der Waals surface area contributed by atoms with Crippen LogP contribution in [0.5, 0.6) is 5.88 Å². The minimum absolute atomic E-state index is 0.234. The second kappa shape index (κ2) is 8.81. The van der Waals surface area contributed by atoms with E-state index >= 15 is 0 Å². The van der Waals surface area contributed by atoms with Gasteiger partial charge >= 0.3 is 6.03 Å². The van der Waals surface area contributed by atoms with E-state index in [0.29, 0.717) is 28.0 Å². The number of para-hydroxylation sites is 1. The number of carbonyl (C=O) groups excluding carboxylic acids is 2. The highest BCUT2D eigenvalue weighted by molar-refractivity contribution is 7.18. The summed E-state index contributed by atoms with van der Waals surface area (Å²) in [4.78, 5) is 28.9. The van der Waals surface area contributed by atoms with Crippen LogP contribution in [-0.4, -0.2) is 24.0 Å². The zero-order valence-corrected chi connectivity index (χ0v) is 15.4. The molecule has 3 aromatic rings. The van der Waals surface area contributed by atoms with Gasteiger partial charge in [0.2, 0.25) is 5.88 Å². The van der Waals surface area contributed by atoms with Gasteiger partial charge in [0, 0.05) is 24.0 Å². The fourth-order valence-corrected chi connectivity index (χ4v) is 3.15. The average Bonchev–Trinajstić information content (AvgIpc) is 3.15. The Balaban J connectivity index is 1.55. The fraction of sp³-hybridized carbons (Fsp3) is 0.105. The summed E-state index contributed by atoms with van der Waals surface area (Å²) < 4.78 is 5.17. The molecule has 0 fully saturated rings. The van der Waals surface area contributed by atoms with E-state index in [2.05, 4.69) is 20.9 Å². The summed E-state index contributed by atoms with van der Waals surface area (Å²) in [5, 5.41) is 8.84. The van der Waals surface area contributed by atoms with Crippen LogP contribution < -0.4 is 20.7 Å². The third-order valence-corrected chi connectivity index (χ3v) is 4.58. The largest absolute Gasteiger partial charge is 0.481 e. The van der Waals surface area contributed by atoms with Crippen molar-refractivity contribution < 1.29 is 14.3 Å². The average molecular weight is 382 g/mol. The molecule has 0 aliphatic carbocycles. The highest BCUT2D eigenvalue weighted by atomic mass is 32.1. The summed E-state index contributed by atoms with van der Waals surface area (Å²) >= 11 is 1.19. The first kappa shape index (κ1) is 18.4. The number of thiophene rings is 1. The van der Waals surface area contributed by atoms with Gasteiger partial charge < -0.3 is 15.4 Å². The summed E-state index contributed by atoms with van der Waals surface area (Å²) in [6.45, 7) is 0.297. The van der Waals surface area contributed by atoms with Crippen LogP contribution in [0.1, 0.15) is 15.2 Å². The molecule has 0 aliphatic rings. The first-order valence-electron chi connectivity index (χ1n) is 8.14. The van der Waals surface area contributed by atoms with E-state index in [1.54, 1.807) is 36.5 Å². The molecular formula is C19H18N4O3S. The zero-order chi connectivity index (χ0) is 19.1. The Morgan fingerprint density at radius 1 is 1.04 bits per heavy atom. The van der Waals surface area contributed by atoms with Crippen LogP contribution in [0.2, 0.25) is 0 Å². The van der Waals surface area contributed by atoms with Gasteiger partial charge in [-0.3, -0.25) is 10.1 Å². The number of anilines is 2. The molecule has 3 rings (SSSR count). The van der Waals surface area contributed by atoms with Gasteiger partial charge in [0.1, 0.15) is 0 Å². The molecular weight excluding hydrogens is 364 g/mol. The maximum Gasteiger partial charge on any atom is 0.324 e. The molecule has 0 radical (unpaired) electrons. The van der Waals surface area contributed by atoms with Crippen molar-refractivity contribution in [2.75, 3.05) is 17.7 Å². The van der Waals surface area contributed by atoms with E-state index in [0.717, 1.165) is 5.56 Å². The van der Waals surface area contributed by atoms with Crippen molar-refractivity contribution in [3.63, 3.8) is 0 Å². The number of benzene rings is 1. The van der Waals surface area contributed by atoms with Gasteiger partial charge in [0.05, 0.1) is 17.0 Å². The lowest BCUT2D eigenvalue weighted by atomic mass is 10.2. The maximum absolute atomic E-state index is 12.3. The van der Waals surface area contributed by atoms with Crippen LogP contribution in [0, 0.1) is 0 Å². The van der Waals surface area contributed by atoms with Gasteiger partial charge in [0.15, 0.2) is 0 Å². The zero-order valence-electron chi connectivity index (χ0n) is 14.6. The molecule has 138 valence electrons. The number of carbonyl (C=O) groups is 2. The predicted octanol–water partition coefficient (Wildman–Crippen LogP) is 3.73. The minimum atomic E-state index is -0.366. The summed E-state index contributed by atoms with van der Waals surface area (Å²) in [5.41, 5.74) is 1.47. The van der Waals surface area contributed by atoms with Crippen molar-refractivity contribution in [2.45, 2.75) is 6.54 Å². The Morgan fingerprint density at radius 2 is 1.85 bits per heavy atom. The Bertz CT molecular complexity index is 927. The van der Waals surface area contributed by atoms with Crippen molar-refractivity contribution in [3.8, 4) is 5.88 Å². The second-order valence-corrected chi connectivity index (χ2v) is 6.55. The maximum atomic E-state index is 12.3. The van der Waals surface area contributed by atoms with Gasteiger partial charge in [-0.15, -0.1) is 11.3 Å². The van der Waals surface area contributed by atoms with E-state index in [1.165, 1.54) is 18.4 Å². The fourth-order valence-electron chi connectivity index (χ4n) is 2.33. The van der Waals surface area contributed by atoms with Crippen molar-refractivity contribution >= 4 is 34.0 Å². The number of rotatable bonds is 6. The number of hydrogen-bond acceptors (Lipinski definition) is 5. The molecule has 0 saturated carbocycles. The second-order valence-electron chi connectivity index (χ2n) is 5.46. The number of aromatic nitrogens is 1. The molecule has 0 spiro atoms. The molecule has 3 amide bonds. The summed E-state index contributed by atoms with van der Waals surface area (Å²) in [6.07, 6.45) is 1.63. The quantitative estimate of drug-likeness (QED) is 0.606. The molecule has 0 saturated heterocycles. The predicted molar refractivity (Wildman–Crippen MR) is 105 cm³/mol. The van der Waals surface area contributed by atoms with Gasteiger partial charge in [-0.2, -0.15) is 0 Å². The normalized spacial score (nSPS) is 10.1. The number of ether oxygens (including phenoxy) is 1. The summed E-state index contributed by atoms with van der Waals surface area (Å²) in [7, 11) is 1.53.